The zero-order valence-corrected chi connectivity index (χ0v) is 9.08. The van der Waals surface area contributed by atoms with Crippen LogP contribution in [0.15, 0.2) is 0 Å². The molecule has 1 aliphatic rings. The van der Waals surface area contributed by atoms with E-state index in [1.165, 1.54) is 6.42 Å². The van der Waals surface area contributed by atoms with Gasteiger partial charge < -0.3 is 16.4 Å². The van der Waals surface area contributed by atoms with Gasteiger partial charge in [0.15, 0.2) is 0 Å². The second-order valence-corrected chi connectivity index (χ2v) is 4.08. The molecule has 1 fully saturated rings. The fraction of sp³-hybridized carbons (Fsp3) is 0.800. The molecule has 0 spiro atoms. The van der Waals surface area contributed by atoms with Crippen molar-refractivity contribution in [2.24, 2.45) is 5.73 Å². The lowest BCUT2D eigenvalue weighted by Gasteiger charge is -2.23. The highest BCUT2D eigenvalue weighted by atomic mass is 16.2. The number of amides is 3. The van der Waals surface area contributed by atoms with Crippen LogP contribution in [0, 0.1) is 0 Å². The first kappa shape index (κ1) is 11.8. The average molecular weight is 213 g/mol. The van der Waals surface area contributed by atoms with E-state index in [0.717, 1.165) is 25.7 Å². The first-order valence-electron chi connectivity index (χ1n) is 5.46. The first-order valence-corrected chi connectivity index (χ1v) is 5.46. The summed E-state index contributed by atoms with van der Waals surface area (Å²) in [6.45, 7) is 1.57. The molecule has 0 heterocycles. The van der Waals surface area contributed by atoms with Gasteiger partial charge in [0.1, 0.15) is 6.04 Å². The lowest BCUT2D eigenvalue weighted by molar-refractivity contribution is -0.119. The molecule has 1 rings (SSSR count). The molecule has 0 aromatic heterocycles. The van der Waals surface area contributed by atoms with Crippen molar-refractivity contribution in [3.8, 4) is 0 Å². The minimum Gasteiger partial charge on any atom is -0.368 e. The monoisotopic (exact) mass is 213 g/mol. The van der Waals surface area contributed by atoms with Crippen LogP contribution in [0.25, 0.3) is 0 Å². The molecule has 1 saturated carbocycles. The Morgan fingerprint density at radius 3 is 2.40 bits per heavy atom. The van der Waals surface area contributed by atoms with Crippen LogP contribution in [0.3, 0.4) is 0 Å². The molecule has 3 amide bonds. The normalized spacial score (nSPS) is 19.3. The fourth-order valence-electron chi connectivity index (χ4n) is 1.74. The fourth-order valence-corrected chi connectivity index (χ4v) is 1.74. The highest BCUT2D eigenvalue weighted by Crippen LogP contribution is 2.17. The summed E-state index contributed by atoms with van der Waals surface area (Å²) >= 11 is 0. The van der Waals surface area contributed by atoms with Gasteiger partial charge in [-0.1, -0.05) is 19.3 Å². The molecule has 4 N–H and O–H groups in total. The Hall–Kier alpha value is -1.26. The van der Waals surface area contributed by atoms with Crippen molar-refractivity contribution >= 4 is 11.9 Å². The summed E-state index contributed by atoms with van der Waals surface area (Å²) in [5.41, 5.74) is 5.04. The van der Waals surface area contributed by atoms with Crippen LogP contribution in [0.5, 0.6) is 0 Å². The molecule has 0 unspecified atom stereocenters. The minimum absolute atomic E-state index is 0.249. The van der Waals surface area contributed by atoms with Crippen molar-refractivity contribution in [1.29, 1.82) is 0 Å². The van der Waals surface area contributed by atoms with Crippen molar-refractivity contribution in [3.05, 3.63) is 0 Å². The molecule has 15 heavy (non-hydrogen) atoms. The zero-order chi connectivity index (χ0) is 11.3. The third-order valence-electron chi connectivity index (χ3n) is 2.71. The van der Waals surface area contributed by atoms with Gasteiger partial charge in [-0.3, -0.25) is 4.79 Å². The lowest BCUT2D eigenvalue weighted by Crippen LogP contribution is -2.49. The van der Waals surface area contributed by atoms with Crippen molar-refractivity contribution in [3.63, 3.8) is 0 Å². The van der Waals surface area contributed by atoms with Crippen molar-refractivity contribution < 1.29 is 9.59 Å². The number of carbonyl (C=O) groups excluding carboxylic acids is 2. The van der Waals surface area contributed by atoms with Crippen LogP contribution in [0.1, 0.15) is 39.0 Å². The Bertz CT molecular complexity index is 237. The number of primary amides is 1. The number of nitrogens with one attached hydrogen (secondary N) is 2. The van der Waals surface area contributed by atoms with Crippen molar-refractivity contribution in [2.75, 3.05) is 0 Å². The molecule has 0 aliphatic heterocycles. The molecule has 0 radical (unpaired) electrons. The highest BCUT2D eigenvalue weighted by Gasteiger charge is 2.17. The Labute approximate surface area is 89.8 Å². The van der Waals surface area contributed by atoms with Crippen LogP contribution in [0.4, 0.5) is 4.79 Å². The van der Waals surface area contributed by atoms with E-state index in [-0.39, 0.29) is 12.1 Å². The third kappa shape index (κ3) is 4.18. The smallest absolute Gasteiger partial charge is 0.315 e. The summed E-state index contributed by atoms with van der Waals surface area (Å²) in [6, 6.07) is -0.666. The average Bonchev–Trinajstić information content (AvgIpc) is 2.18. The molecular formula is C10H19N3O2. The summed E-state index contributed by atoms with van der Waals surface area (Å²) in [7, 11) is 0. The topological polar surface area (TPSA) is 84.2 Å². The number of hydrogen-bond donors (Lipinski definition) is 3. The van der Waals surface area contributed by atoms with Gasteiger partial charge >= 0.3 is 6.03 Å². The minimum atomic E-state index is -0.617. The van der Waals surface area contributed by atoms with Gasteiger partial charge in [-0.2, -0.15) is 0 Å². The zero-order valence-electron chi connectivity index (χ0n) is 9.08. The molecule has 86 valence electrons. The van der Waals surface area contributed by atoms with E-state index >= 15 is 0 Å². The van der Waals surface area contributed by atoms with Crippen molar-refractivity contribution in [2.45, 2.75) is 51.1 Å². The summed E-state index contributed by atoms with van der Waals surface area (Å²) in [5, 5.41) is 5.35. The van der Waals surface area contributed by atoms with Gasteiger partial charge in [-0.15, -0.1) is 0 Å². The van der Waals surface area contributed by atoms with Crippen LogP contribution in [-0.2, 0) is 4.79 Å². The summed E-state index contributed by atoms with van der Waals surface area (Å²) in [5.74, 6) is -0.520. The maximum Gasteiger partial charge on any atom is 0.315 e. The van der Waals surface area contributed by atoms with E-state index in [1.807, 2.05) is 0 Å². The van der Waals surface area contributed by atoms with E-state index < -0.39 is 11.9 Å². The first-order chi connectivity index (χ1) is 7.09. The Kier molecular flexibility index (Phi) is 4.39. The second-order valence-electron chi connectivity index (χ2n) is 4.08. The lowest BCUT2D eigenvalue weighted by atomic mass is 9.96. The van der Waals surface area contributed by atoms with Gasteiger partial charge in [0, 0.05) is 6.04 Å². The van der Waals surface area contributed by atoms with E-state index in [9.17, 15) is 9.59 Å². The largest absolute Gasteiger partial charge is 0.368 e. The molecular weight excluding hydrogens is 194 g/mol. The van der Waals surface area contributed by atoms with Gasteiger partial charge in [0.05, 0.1) is 0 Å². The van der Waals surface area contributed by atoms with E-state index in [2.05, 4.69) is 10.6 Å². The quantitative estimate of drug-likeness (QED) is 0.637. The maximum absolute atomic E-state index is 11.4. The molecule has 0 aromatic carbocycles. The van der Waals surface area contributed by atoms with E-state index in [1.54, 1.807) is 6.92 Å². The van der Waals surface area contributed by atoms with E-state index in [0.29, 0.717) is 0 Å². The molecule has 5 heteroatoms. The summed E-state index contributed by atoms with van der Waals surface area (Å²) < 4.78 is 0. The number of hydrogen-bond acceptors (Lipinski definition) is 2. The summed E-state index contributed by atoms with van der Waals surface area (Å²) in [6.07, 6.45) is 5.63. The maximum atomic E-state index is 11.4. The predicted octanol–water partition coefficient (Wildman–Crippen LogP) is 0.492. The standard InChI is InChI=1S/C10H19N3O2/c1-7(9(11)14)12-10(15)13-8-5-3-2-4-6-8/h7-8H,2-6H2,1H3,(H2,11,14)(H2,12,13,15)/t7-/m0/s1. The number of carbonyl (C=O) groups is 2. The van der Waals surface area contributed by atoms with Crippen molar-refractivity contribution in [1.82, 2.24) is 10.6 Å². The van der Waals surface area contributed by atoms with Gasteiger partial charge in [0.25, 0.3) is 0 Å². The predicted molar refractivity (Wildman–Crippen MR) is 57.2 cm³/mol. The number of nitrogens with two attached hydrogens (primary N) is 1. The van der Waals surface area contributed by atoms with Crippen LogP contribution >= 0.6 is 0 Å². The molecule has 1 aliphatic carbocycles. The molecule has 5 nitrogen and oxygen atoms in total. The van der Waals surface area contributed by atoms with Crippen LogP contribution < -0.4 is 16.4 Å². The van der Waals surface area contributed by atoms with E-state index in [4.69, 9.17) is 5.73 Å². The Balaban J connectivity index is 2.25. The van der Waals surface area contributed by atoms with Gasteiger partial charge in [-0.05, 0) is 19.8 Å². The van der Waals surface area contributed by atoms with Crippen LogP contribution in [0.2, 0.25) is 0 Å². The van der Waals surface area contributed by atoms with Gasteiger partial charge in [0.2, 0.25) is 5.91 Å². The second kappa shape index (κ2) is 5.58. The molecule has 1 atom stereocenters. The Morgan fingerprint density at radius 2 is 1.87 bits per heavy atom. The SMILES string of the molecule is C[C@H](NC(=O)NC1CCCCC1)C(N)=O. The molecule has 0 aromatic rings. The summed E-state index contributed by atoms with van der Waals surface area (Å²) in [4.78, 5) is 22.1. The number of rotatable bonds is 3. The van der Waals surface area contributed by atoms with Crippen LogP contribution in [-0.4, -0.2) is 24.0 Å². The number of urea groups is 1. The Morgan fingerprint density at radius 1 is 1.27 bits per heavy atom. The highest BCUT2D eigenvalue weighted by molar-refractivity contribution is 5.85. The molecule has 0 bridgehead atoms. The van der Waals surface area contributed by atoms with Gasteiger partial charge in [-0.25, -0.2) is 4.79 Å². The molecule has 0 saturated heterocycles. The third-order valence-corrected chi connectivity index (χ3v) is 2.71.